The van der Waals surface area contributed by atoms with E-state index in [9.17, 15) is 0 Å². The quantitative estimate of drug-likeness (QED) is 0.760. The lowest BCUT2D eigenvalue weighted by atomic mass is 10.2. The maximum Gasteiger partial charge on any atom is 0.178 e. The molecule has 0 saturated carbocycles. The first-order chi connectivity index (χ1) is 9.81. The number of rotatable bonds is 5. The highest BCUT2D eigenvalue weighted by Crippen LogP contribution is 2.27. The van der Waals surface area contributed by atoms with Crippen molar-refractivity contribution in [3.63, 3.8) is 0 Å². The minimum Gasteiger partial charge on any atom is -0.331 e. The lowest BCUT2D eigenvalue weighted by Gasteiger charge is -2.30. The molecule has 1 heterocycles. The molecule has 116 valence electrons. The van der Waals surface area contributed by atoms with Crippen molar-refractivity contribution >= 4 is 46.5 Å². The van der Waals surface area contributed by atoms with Crippen LogP contribution in [0.3, 0.4) is 0 Å². The molecule has 0 radical (unpaired) electrons. The second kappa shape index (κ2) is 6.69. The average molecular weight is 346 g/mol. The van der Waals surface area contributed by atoms with E-state index in [0.29, 0.717) is 26.9 Å². The molecule has 0 fully saturated rings. The van der Waals surface area contributed by atoms with Gasteiger partial charge in [0.15, 0.2) is 4.77 Å². The fraction of sp³-hybridized carbons (Fsp3) is 0.533. The second-order valence-corrected chi connectivity index (χ2v) is 6.99. The summed E-state index contributed by atoms with van der Waals surface area (Å²) < 4.78 is 2.79. The van der Waals surface area contributed by atoms with E-state index in [1.165, 1.54) is 0 Å². The predicted octanol–water partition coefficient (Wildman–Crippen LogP) is 5.12. The monoisotopic (exact) mass is 345 g/mol. The van der Waals surface area contributed by atoms with Gasteiger partial charge in [-0.05, 0) is 52.0 Å². The van der Waals surface area contributed by atoms with Crippen molar-refractivity contribution in [1.82, 2.24) is 14.5 Å². The van der Waals surface area contributed by atoms with Gasteiger partial charge in [-0.1, -0.05) is 23.2 Å². The summed E-state index contributed by atoms with van der Waals surface area (Å²) >= 11 is 17.6. The van der Waals surface area contributed by atoms with E-state index in [4.69, 9.17) is 35.4 Å². The van der Waals surface area contributed by atoms with Gasteiger partial charge in [-0.15, -0.1) is 0 Å². The third kappa shape index (κ3) is 3.62. The molecule has 1 aromatic carbocycles. The Morgan fingerprint density at radius 1 is 1.14 bits per heavy atom. The van der Waals surface area contributed by atoms with E-state index >= 15 is 0 Å². The van der Waals surface area contributed by atoms with Gasteiger partial charge in [0.05, 0.1) is 21.1 Å². The number of fused-ring (bicyclic) bond motifs is 1. The number of imidazole rings is 1. The third-order valence-electron chi connectivity index (χ3n) is 3.72. The van der Waals surface area contributed by atoms with Gasteiger partial charge in [0.25, 0.3) is 0 Å². The highest BCUT2D eigenvalue weighted by molar-refractivity contribution is 7.71. The van der Waals surface area contributed by atoms with Crippen molar-refractivity contribution in [2.75, 3.05) is 6.54 Å². The molecule has 1 aromatic heterocycles. The lowest BCUT2D eigenvalue weighted by molar-refractivity contribution is 0.168. The van der Waals surface area contributed by atoms with Crippen LogP contribution >= 0.6 is 35.4 Å². The van der Waals surface area contributed by atoms with Gasteiger partial charge in [-0.2, -0.15) is 0 Å². The number of hydrogen-bond donors (Lipinski definition) is 1. The van der Waals surface area contributed by atoms with Crippen LogP contribution in [0.5, 0.6) is 0 Å². The summed E-state index contributed by atoms with van der Waals surface area (Å²) in [5.74, 6) is 0. The topological polar surface area (TPSA) is 24.0 Å². The summed E-state index contributed by atoms with van der Waals surface area (Å²) in [6, 6.07) is 4.71. The largest absolute Gasteiger partial charge is 0.331 e. The SMILES string of the molecule is CC(C)N(CCn1c(=S)[nH]c2cc(Cl)c(Cl)cc21)C(C)C. The maximum absolute atomic E-state index is 6.13. The van der Waals surface area contributed by atoms with Gasteiger partial charge in [-0.25, -0.2) is 0 Å². The minimum atomic E-state index is 0.502. The Balaban J connectivity index is 2.32. The minimum absolute atomic E-state index is 0.502. The van der Waals surface area contributed by atoms with E-state index in [2.05, 4.69) is 42.1 Å². The van der Waals surface area contributed by atoms with Gasteiger partial charge in [0.1, 0.15) is 0 Å². The summed E-state index contributed by atoms with van der Waals surface area (Å²) in [5.41, 5.74) is 1.93. The molecule has 0 aliphatic rings. The summed E-state index contributed by atoms with van der Waals surface area (Å²) in [6.07, 6.45) is 0. The Kier molecular flexibility index (Phi) is 5.36. The Morgan fingerprint density at radius 2 is 1.71 bits per heavy atom. The van der Waals surface area contributed by atoms with Crippen molar-refractivity contribution in [2.45, 2.75) is 46.3 Å². The van der Waals surface area contributed by atoms with E-state index in [0.717, 1.165) is 24.1 Å². The van der Waals surface area contributed by atoms with Crippen LogP contribution in [-0.4, -0.2) is 33.1 Å². The van der Waals surface area contributed by atoms with Crippen LogP contribution in [0.25, 0.3) is 11.0 Å². The normalized spacial score (nSPS) is 12.2. The highest BCUT2D eigenvalue weighted by atomic mass is 35.5. The fourth-order valence-electron chi connectivity index (χ4n) is 2.70. The van der Waals surface area contributed by atoms with Gasteiger partial charge in [-0.3, -0.25) is 4.90 Å². The van der Waals surface area contributed by atoms with Crippen LogP contribution in [-0.2, 0) is 6.54 Å². The van der Waals surface area contributed by atoms with Gasteiger partial charge in [0.2, 0.25) is 0 Å². The van der Waals surface area contributed by atoms with Crippen LogP contribution in [0, 0.1) is 4.77 Å². The first-order valence-electron chi connectivity index (χ1n) is 7.14. The highest BCUT2D eigenvalue weighted by Gasteiger charge is 2.14. The number of aromatic amines is 1. The number of nitrogens with one attached hydrogen (secondary N) is 1. The molecule has 1 N–H and O–H groups in total. The maximum atomic E-state index is 6.13. The summed E-state index contributed by atoms with van der Waals surface area (Å²) in [7, 11) is 0. The fourth-order valence-corrected chi connectivity index (χ4v) is 3.32. The molecule has 0 aliphatic carbocycles. The molecule has 0 saturated heterocycles. The number of halogens is 2. The van der Waals surface area contributed by atoms with Crippen LogP contribution in [0.15, 0.2) is 12.1 Å². The Morgan fingerprint density at radius 3 is 2.29 bits per heavy atom. The predicted molar refractivity (Wildman–Crippen MR) is 94.1 cm³/mol. The molecule has 3 nitrogen and oxygen atoms in total. The van der Waals surface area contributed by atoms with Gasteiger partial charge >= 0.3 is 0 Å². The second-order valence-electron chi connectivity index (χ2n) is 5.79. The molecule has 0 unspecified atom stereocenters. The zero-order valence-corrected chi connectivity index (χ0v) is 15.1. The first-order valence-corrected chi connectivity index (χ1v) is 8.31. The zero-order valence-electron chi connectivity index (χ0n) is 12.8. The van der Waals surface area contributed by atoms with Gasteiger partial charge < -0.3 is 9.55 Å². The van der Waals surface area contributed by atoms with E-state index in [-0.39, 0.29) is 0 Å². The molecule has 0 amide bonds. The van der Waals surface area contributed by atoms with Crippen molar-refractivity contribution in [2.24, 2.45) is 0 Å². The van der Waals surface area contributed by atoms with Crippen LogP contribution < -0.4 is 0 Å². The molecule has 6 heteroatoms. The molecular weight excluding hydrogens is 325 g/mol. The molecule has 0 bridgehead atoms. The van der Waals surface area contributed by atoms with Gasteiger partial charge in [0, 0.05) is 25.2 Å². The van der Waals surface area contributed by atoms with Crippen LogP contribution in [0.4, 0.5) is 0 Å². The number of H-pyrrole nitrogens is 1. The van der Waals surface area contributed by atoms with E-state index in [1.54, 1.807) is 0 Å². The smallest absolute Gasteiger partial charge is 0.178 e. The molecule has 21 heavy (non-hydrogen) atoms. The first kappa shape index (κ1) is 16.8. The van der Waals surface area contributed by atoms with Crippen molar-refractivity contribution in [3.8, 4) is 0 Å². The third-order valence-corrected chi connectivity index (χ3v) is 4.77. The van der Waals surface area contributed by atoms with E-state index in [1.807, 2.05) is 12.1 Å². The molecular formula is C15H21Cl2N3S. The Bertz CT molecular complexity index is 680. The standard InChI is InChI=1S/C15H21Cl2N3S/c1-9(2)19(10(3)4)5-6-20-14-8-12(17)11(16)7-13(14)18-15(20)21/h7-10H,5-6H2,1-4H3,(H,18,21). The molecule has 2 aromatic rings. The summed E-state index contributed by atoms with van der Waals surface area (Å²) in [5, 5.41) is 1.09. The number of hydrogen-bond acceptors (Lipinski definition) is 2. The summed E-state index contributed by atoms with van der Waals surface area (Å²) in [4.78, 5) is 5.64. The molecule has 0 spiro atoms. The average Bonchev–Trinajstić information content (AvgIpc) is 2.65. The number of aromatic nitrogens is 2. The molecule has 2 rings (SSSR count). The lowest BCUT2D eigenvalue weighted by Crippen LogP contribution is -2.39. The van der Waals surface area contributed by atoms with Crippen LogP contribution in [0.1, 0.15) is 27.7 Å². The van der Waals surface area contributed by atoms with Crippen molar-refractivity contribution in [3.05, 3.63) is 26.9 Å². The van der Waals surface area contributed by atoms with E-state index < -0.39 is 0 Å². The zero-order chi connectivity index (χ0) is 15.7. The van der Waals surface area contributed by atoms with Crippen LogP contribution in [0.2, 0.25) is 10.0 Å². The Hall–Kier alpha value is -0.550. The number of nitrogens with zero attached hydrogens (tertiary/aromatic N) is 2. The molecule has 0 atom stereocenters. The van der Waals surface area contributed by atoms with Crippen molar-refractivity contribution < 1.29 is 0 Å². The number of benzene rings is 1. The summed E-state index contributed by atoms with van der Waals surface area (Å²) in [6.45, 7) is 10.6. The van der Waals surface area contributed by atoms with Crippen molar-refractivity contribution in [1.29, 1.82) is 0 Å². The Labute approximate surface area is 140 Å². The molecule has 0 aliphatic heterocycles.